The van der Waals surface area contributed by atoms with Crippen LogP contribution < -0.4 is 5.32 Å². The fraction of sp³-hybridized carbons (Fsp3) is 0.647. The van der Waals surface area contributed by atoms with Crippen LogP contribution in [0.25, 0.3) is 0 Å². The first-order valence-electron chi connectivity index (χ1n) is 7.89. The van der Waals surface area contributed by atoms with Crippen LogP contribution in [-0.4, -0.2) is 28.7 Å². The Hall–Kier alpha value is -0.710. The summed E-state index contributed by atoms with van der Waals surface area (Å²) in [6.45, 7) is 2.11. The van der Waals surface area contributed by atoms with Gasteiger partial charge in [-0.05, 0) is 42.4 Å². The molecule has 0 aliphatic heterocycles. The van der Waals surface area contributed by atoms with Crippen molar-refractivity contribution in [3.63, 3.8) is 0 Å². The van der Waals surface area contributed by atoms with Crippen molar-refractivity contribution in [2.75, 3.05) is 19.4 Å². The average Bonchev–Trinajstić information content (AvgIpc) is 2.49. The molecular formula is C17H27NO2S. The lowest BCUT2D eigenvalue weighted by Crippen LogP contribution is -2.36. The van der Waals surface area contributed by atoms with Crippen LogP contribution in [0.5, 0.6) is 0 Å². The highest BCUT2D eigenvalue weighted by Crippen LogP contribution is 2.38. The molecule has 3 nitrogen and oxygen atoms in total. The van der Waals surface area contributed by atoms with Crippen molar-refractivity contribution >= 4 is 10.8 Å². The van der Waals surface area contributed by atoms with Gasteiger partial charge < -0.3 is 10.4 Å². The molecule has 118 valence electrons. The van der Waals surface area contributed by atoms with Crippen molar-refractivity contribution in [3.05, 3.63) is 29.8 Å². The molecule has 0 heterocycles. The first-order chi connectivity index (χ1) is 10.2. The smallest absolute Gasteiger partial charge is 0.0498 e. The van der Waals surface area contributed by atoms with Crippen LogP contribution >= 0.6 is 0 Å². The number of rotatable bonds is 7. The Balaban J connectivity index is 1.85. The van der Waals surface area contributed by atoms with Crippen LogP contribution in [0, 0.1) is 5.41 Å². The third-order valence-corrected chi connectivity index (χ3v) is 5.58. The molecule has 4 heteroatoms. The zero-order valence-corrected chi connectivity index (χ0v) is 13.8. The monoisotopic (exact) mass is 309 g/mol. The fourth-order valence-electron chi connectivity index (χ4n) is 3.33. The molecule has 0 aromatic heterocycles. The Labute approximate surface area is 130 Å². The topological polar surface area (TPSA) is 49.3 Å². The number of benzene rings is 1. The van der Waals surface area contributed by atoms with Gasteiger partial charge in [0.25, 0.3) is 0 Å². The van der Waals surface area contributed by atoms with E-state index in [9.17, 15) is 9.32 Å². The minimum atomic E-state index is -0.904. The lowest BCUT2D eigenvalue weighted by atomic mass is 9.72. The van der Waals surface area contributed by atoms with E-state index >= 15 is 0 Å². The zero-order valence-electron chi connectivity index (χ0n) is 12.9. The van der Waals surface area contributed by atoms with Crippen LogP contribution in [-0.2, 0) is 17.3 Å². The van der Waals surface area contributed by atoms with Crippen LogP contribution in [0.2, 0.25) is 0 Å². The van der Waals surface area contributed by atoms with Crippen molar-refractivity contribution in [1.82, 2.24) is 5.32 Å². The Morgan fingerprint density at radius 2 is 1.86 bits per heavy atom. The quantitative estimate of drug-likeness (QED) is 0.814. The predicted molar refractivity (Wildman–Crippen MR) is 87.7 cm³/mol. The second-order valence-corrected chi connectivity index (χ2v) is 7.62. The molecular weight excluding hydrogens is 282 g/mol. The molecule has 0 spiro atoms. The maximum Gasteiger partial charge on any atom is 0.0498 e. The second kappa shape index (κ2) is 8.06. The maximum absolute atomic E-state index is 11.4. The molecule has 2 N–H and O–H groups in total. The second-order valence-electron chi connectivity index (χ2n) is 6.24. The molecule has 0 bridgehead atoms. The van der Waals surface area contributed by atoms with E-state index in [1.165, 1.54) is 37.7 Å². The first-order valence-corrected chi connectivity index (χ1v) is 9.45. The predicted octanol–water partition coefficient (Wildman–Crippen LogP) is 2.85. The molecule has 1 aliphatic rings. The molecule has 1 aromatic rings. The van der Waals surface area contributed by atoms with Crippen molar-refractivity contribution in [2.24, 2.45) is 5.41 Å². The molecule has 21 heavy (non-hydrogen) atoms. The van der Waals surface area contributed by atoms with Gasteiger partial charge in [0.2, 0.25) is 0 Å². The number of hydrogen-bond acceptors (Lipinski definition) is 3. The summed E-state index contributed by atoms with van der Waals surface area (Å²) >= 11 is 0. The Kier molecular flexibility index (Phi) is 6.40. The third kappa shape index (κ3) is 4.90. The van der Waals surface area contributed by atoms with Gasteiger partial charge in [0.05, 0.1) is 0 Å². The minimum Gasteiger partial charge on any atom is -0.396 e. The highest BCUT2D eigenvalue weighted by molar-refractivity contribution is 7.84. The van der Waals surface area contributed by atoms with Crippen LogP contribution in [0.3, 0.4) is 0 Å². The van der Waals surface area contributed by atoms with Gasteiger partial charge >= 0.3 is 0 Å². The molecule has 0 saturated heterocycles. The first kappa shape index (κ1) is 16.7. The Morgan fingerprint density at radius 3 is 2.43 bits per heavy atom. The van der Waals surface area contributed by atoms with Crippen molar-refractivity contribution in [3.8, 4) is 0 Å². The fourth-order valence-corrected chi connectivity index (χ4v) is 3.84. The standard InChI is InChI=1S/C17H27NO2S/c1-21(20)16-7-5-15(6-8-16)13-18-14-17(11-12-19)9-3-2-4-10-17/h5-8,18-19H,2-4,9-14H2,1H3. The summed E-state index contributed by atoms with van der Waals surface area (Å²) in [6, 6.07) is 7.97. The molecule has 0 amide bonds. The summed E-state index contributed by atoms with van der Waals surface area (Å²) in [5, 5.41) is 12.9. The van der Waals surface area contributed by atoms with Gasteiger partial charge in [-0.2, -0.15) is 0 Å². The van der Waals surface area contributed by atoms with E-state index in [1.807, 2.05) is 24.3 Å². The molecule has 0 radical (unpaired) electrons. The molecule has 2 rings (SSSR count). The lowest BCUT2D eigenvalue weighted by Gasteiger charge is -2.37. The summed E-state index contributed by atoms with van der Waals surface area (Å²) in [5.41, 5.74) is 1.51. The van der Waals surface area contributed by atoms with E-state index in [0.29, 0.717) is 6.61 Å². The maximum atomic E-state index is 11.4. The SMILES string of the molecule is CS(=O)c1ccc(CNCC2(CCO)CCCCC2)cc1. The Bertz CT molecular complexity index is 447. The van der Waals surface area contributed by atoms with E-state index in [0.717, 1.165) is 24.4 Å². The highest BCUT2D eigenvalue weighted by Gasteiger charge is 2.30. The van der Waals surface area contributed by atoms with Crippen molar-refractivity contribution in [1.29, 1.82) is 0 Å². The number of aliphatic hydroxyl groups excluding tert-OH is 1. The van der Waals surface area contributed by atoms with Gasteiger partial charge in [-0.25, -0.2) is 0 Å². The van der Waals surface area contributed by atoms with Crippen molar-refractivity contribution < 1.29 is 9.32 Å². The van der Waals surface area contributed by atoms with E-state index in [-0.39, 0.29) is 5.41 Å². The van der Waals surface area contributed by atoms with Gasteiger partial charge in [-0.15, -0.1) is 0 Å². The number of nitrogens with one attached hydrogen (secondary N) is 1. The molecule has 1 atom stereocenters. The Morgan fingerprint density at radius 1 is 1.19 bits per heavy atom. The summed E-state index contributed by atoms with van der Waals surface area (Å²) < 4.78 is 11.4. The molecule has 1 aromatic carbocycles. The molecule has 1 fully saturated rings. The van der Waals surface area contributed by atoms with E-state index in [4.69, 9.17) is 0 Å². The van der Waals surface area contributed by atoms with Gasteiger partial charge in [0, 0.05) is 41.6 Å². The molecule has 1 unspecified atom stereocenters. The van der Waals surface area contributed by atoms with Crippen LogP contribution in [0.15, 0.2) is 29.2 Å². The van der Waals surface area contributed by atoms with E-state index < -0.39 is 10.8 Å². The van der Waals surface area contributed by atoms with E-state index in [1.54, 1.807) is 6.26 Å². The summed E-state index contributed by atoms with van der Waals surface area (Å²) in [7, 11) is -0.904. The summed E-state index contributed by atoms with van der Waals surface area (Å²) in [6.07, 6.45) is 8.99. The van der Waals surface area contributed by atoms with Gasteiger partial charge in [-0.1, -0.05) is 31.4 Å². The summed E-state index contributed by atoms with van der Waals surface area (Å²) in [4.78, 5) is 0.878. The lowest BCUT2D eigenvalue weighted by molar-refractivity contribution is 0.126. The van der Waals surface area contributed by atoms with Gasteiger partial charge in [0.1, 0.15) is 0 Å². The third-order valence-electron chi connectivity index (χ3n) is 4.64. The highest BCUT2D eigenvalue weighted by atomic mass is 32.2. The average molecular weight is 309 g/mol. The number of hydrogen-bond donors (Lipinski definition) is 2. The van der Waals surface area contributed by atoms with E-state index in [2.05, 4.69) is 5.32 Å². The van der Waals surface area contributed by atoms with Crippen LogP contribution in [0.4, 0.5) is 0 Å². The minimum absolute atomic E-state index is 0.290. The van der Waals surface area contributed by atoms with Gasteiger partial charge in [0.15, 0.2) is 0 Å². The van der Waals surface area contributed by atoms with Crippen molar-refractivity contribution in [2.45, 2.75) is 50.0 Å². The number of aliphatic hydroxyl groups is 1. The normalized spacial score (nSPS) is 19.3. The van der Waals surface area contributed by atoms with Crippen LogP contribution in [0.1, 0.15) is 44.1 Å². The van der Waals surface area contributed by atoms with Gasteiger partial charge in [-0.3, -0.25) is 4.21 Å². The summed E-state index contributed by atoms with van der Waals surface area (Å²) in [5.74, 6) is 0. The zero-order chi connectivity index (χ0) is 15.1. The molecule has 1 aliphatic carbocycles. The molecule has 1 saturated carbocycles. The largest absolute Gasteiger partial charge is 0.396 e.